The topological polar surface area (TPSA) is 86.6 Å². The van der Waals surface area contributed by atoms with E-state index in [0.717, 1.165) is 5.56 Å². The third-order valence-corrected chi connectivity index (χ3v) is 2.92. The highest BCUT2D eigenvalue weighted by Crippen LogP contribution is 2.27. The summed E-state index contributed by atoms with van der Waals surface area (Å²) < 4.78 is 0. The van der Waals surface area contributed by atoms with E-state index in [0.29, 0.717) is 11.4 Å². The molecule has 0 saturated heterocycles. The Balaban J connectivity index is 2.51. The molecular weight excluding hydrogens is 258 g/mol. The van der Waals surface area contributed by atoms with Crippen molar-refractivity contribution < 1.29 is 19.8 Å². The second-order valence-corrected chi connectivity index (χ2v) is 4.28. The van der Waals surface area contributed by atoms with Crippen molar-refractivity contribution in [2.75, 3.05) is 5.32 Å². The zero-order valence-corrected chi connectivity index (χ0v) is 10.8. The van der Waals surface area contributed by atoms with E-state index in [-0.39, 0.29) is 11.1 Å². The SMILES string of the molecule is Cc1cccc(C(=O)O)c1Nc1ccccc1C(=O)O. The number of anilines is 2. The number of hydrogen-bond donors (Lipinski definition) is 3. The molecular formula is C15H13NO4. The van der Waals surface area contributed by atoms with Gasteiger partial charge in [0.2, 0.25) is 0 Å². The van der Waals surface area contributed by atoms with Gasteiger partial charge in [-0.3, -0.25) is 0 Å². The summed E-state index contributed by atoms with van der Waals surface area (Å²) in [6.45, 7) is 1.76. The molecule has 0 unspecified atom stereocenters. The lowest BCUT2D eigenvalue weighted by Gasteiger charge is -2.14. The molecule has 0 aliphatic heterocycles. The second kappa shape index (κ2) is 5.44. The van der Waals surface area contributed by atoms with Crippen LogP contribution in [-0.4, -0.2) is 22.2 Å². The first-order chi connectivity index (χ1) is 9.50. The van der Waals surface area contributed by atoms with E-state index < -0.39 is 11.9 Å². The van der Waals surface area contributed by atoms with Crippen molar-refractivity contribution in [3.05, 3.63) is 59.2 Å². The maximum Gasteiger partial charge on any atom is 0.337 e. The van der Waals surface area contributed by atoms with Crippen LogP contribution in [0.15, 0.2) is 42.5 Å². The number of carboxylic acids is 2. The van der Waals surface area contributed by atoms with Crippen molar-refractivity contribution >= 4 is 23.3 Å². The van der Waals surface area contributed by atoms with Gasteiger partial charge in [0.05, 0.1) is 22.5 Å². The van der Waals surface area contributed by atoms with Gasteiger partial charge in [0, 0.05) is 0 Å². The Morgan fingerprint density at radius 2 is 1.50 bits per heavy atom. The van der Waals surface area contributed by atoms with Crippen molar-refractivity contribution in [3.8, 4) is 0 Å². The van der Waals surface area contributed by atoms with Crippen LogP contribution in [0.25, 0.3) is 0 Å². The average Bonchev–Trinajstić information content (AvgIpc) is 2.41. The lowest BCUT2D eigenvalue weighted by molar-refractivity contribution is 0.0688. The molecule has 0 fully saturated rings. The Bertz CT molecular complexity index is 679. The first-order valence-electron chi connectivity index (χ1n) is 5.93. The molecule has 0 saturated carbocycles. The Morgan fingerprint density at radius 3 is 2.15 bits per heavy atom. The van der Waals surface area contributed by atoms with Gasteiger partial charge in [-0.1, -0.05) is 24.3 Å². The molecule has 0 bridgehead atoms. The van der Waals surface area contributed by atoms with Crippen LogP contribution >= 0.6 is 0 Å². The van der Waals surface area contributed by atoms with E-state index in [1.807, 2.05) is 0 Å². The fraction of sp³-hybridized carbons (Fsp3) is 0.0667. The zero-order valence-electron chi connectivity index (χ0n) is 10.8. The molecule has 0 aliphatic rings. The van der Waals surface area contributed by atoms with Crippen LogP contribution in [0.3, 0.4) is 0 Å². The van der Waals surface area contributed by atoms with Crippen molar-refractivity contribution in [2.45, 2.75) is 6.92 Å². The summed E-state index contributed by atoms with van der Waals surface area (Å²) in [7, 11) is 0. The van der Waals surface area contributed by atoms with Crippen molar-refractivity contribution in [1.82, 2.24) is 0 Å². The molecule has 3 N–H and O–H groups in total. The molecule has 5 heteroatoms. The van der Waals surface area contributed by atoms with E-state index in [1.165, 1.54) is 12.1 Å². The number of rotatable bonds is 4. The number of nitrogens with one attached hydrogen (secondary N) is 1. The van der Waals surface area contributed by atoms with Gasteiger partial charge < -0.3 is 15.5 Å². The normalized spacial score (nSPS) is 10.1. The lowest BCUT2D eigenvalue weighted by Crippen LogP contribution is -2.07. The van der Waals surface area contributed by atoms with E-state index in [4.69, 9.17) is 5.11 Å². The first kappa shape index (κ1) is 13.6. The van der Waals surface area contributed by atoms with Crippen LogP contribution in [-0.2, 0) is 0 Å². The molecule has 0 atom stereocenters. The molecule has 20 heavy (non-hydrogen) atoms. The first-order valence-corrected chi connectivity index (χ1v) is 5.93. The van der Waals surface area contributed by atoms with Gasteiger partial charge >= 0.3 is 11.9 Å². The minimum Gasteiger partial charge on any atom is -0.478 e. The van der Waals surface area contributed by atoms with Crippen LogP contribution in [0.2, 0.25) is 0 Å². The molecule has 2 aromatic carbocycles. The molecule has 2 rings (SSSR count). The number of benzene rings is 2. The van der Waals surface area contributed by atoms with E-state index in [1.54, 1.807) is 37.3 Å². The Kier molecular flexibility index (Phi) is 3.70. The monoisotopic (exact) mass is 271 g/mol. The molecule has 0 heterocycles. The molecule has 0 aliphatic carbocycles. The molecule has 5 nitrogen and oxygen atoms in total. The maximum atomic E-state index is 11.2. The van der Waals surface area contributed by atoms with Crippen LogP contribution in [0, 0.1) is 6.92 Å². The third-order valence-electron chi connectivity index (χ3n) is 2.92. The quantitative estimate of drug-likeness (QED) is 0.795. The minimum atomic E-state index is -1.07. The predicted molar refractivity (Wildman–Crippen MR) is 74.8 cm³/mol. The van der Waals surface area contributed by atoms with Crippen LogP contribution in [0.4, 0.5) is 11.4 Å². The van der Waals surface area contributed by atoms with E-state index >= 15 is 0 Å². The third kappa shape index (κ3) is 2.61. The van der Waals surface area contributed by atoms with Gasteiger partial charge in [-0.2, -0.15) is 0 Å². The summed E-state index contributed by atoms with van der Waals surface area (Å²) in [6.07, 6.45) is 0. The van der Waals surface area contributed by atoms with Crippen molar-refractivity contribution in [3.63, 3.8) is 0 Å². The molecule has 2 aromatic rings. The maximum absolute atomic E-state index is 11.2. The van der Waals surface area contributed by atoms with E-state index in [9.17, 15) is 14.7 Å². The van der Waals surface area contributed by atoms with E-state index in [2.05, 4.69) is 5.32 Å². The number of aryl methyl sites for hydroxylation is 1. The summed E-state index contributed by atoms with van der Waals surface area (Å²) in [5.74, 6) is -2.14. The molecule has 0 spiro atoms. The molecule has 0 radical (unpaired) electrons. The highest BCUT2D eigenvalue weighted by atomic mass is 16.4. The average molecular weight is 271 g/mol. The van der Waals surface area contributed by atoms with Gasteiger partial charge in [-0.05, 0) is 30.7 Å². The molecule has 0 amide bonds. The predicted octanol–water partition coefficient (Wildman–Crippen LogP) is 3.14. The number of carbonyl (C=O) groups is 2. The fourth-order valence-electron chi connectivity index (χ4n) is 1.93. The Labute approximate surface area is 115 Å². The summed E-state index contributed by atoms with van der Waals surface area (Å²) in [6, 6.07) is 11.2. The van der Waals surface area contributed by atoms with Crippen LogP contribution in [0.5, 0.6) is 0 Å². The molecule has 102 valence electrons. The summed E-state index contributed by atoms with van der Waals surface area (Å²) in [5, 5.41) is 21.2. The zero-order chi connectivity index (χ0) is 14.7. The van der Waals surface area contributed by atoms with Gasteiger partial charge in [0.1, 0.15) is 0 Å². The summed E-state index contributed by atoms with van der Waals surface area (Å²) in [5.41, 5.74) is 1.67. The highest BCUT2D eigenvalue weighted by molar-refractivity contribution is 5.99. The largest absolute Gasteiger partial charge is 0.478 e. The minimum absolute atomic E-state index is 0.0899. The fourth-order valence-corrected chi connectivity index (χ4v) is 1.93. The standard InChI is InChI=1S/C15H13NO4/c1-9-5-4-7-11(15(19)20)13(9)16-12-8-3-2-6-10(12)14(17)18/h2-8,16H,1H3,(H,17,18)(H,19,20). The number of aromatic carboxylic acids is 2. The second-order valence-electron chi connectivity index (χ2n) is 4.28. The van der Waals surface area contributed by atoms with Gasteiger partial charge in [-0.15, -0.1) is 0 Å². The Morgan fingerprint density at radius 1 is 0.900 bits per heavy atom. The number of hydrogen-bond acceptors (Lipinski definition) is 3. The van der Waals surface area contributed by atoms with Gasteiger partial charge in [0.15, 0.2) is 0 Å². The number of carboxylic acid groups (broad SMARTS) is 2. The number of para-hydroxylation sites is 2. The summed E-state index contributed by atoms with van der Waals surface area (Å²) >= 11 is 0. The van der Waals surface area contributed by atoms with Crippen LogP contribution in [0.1, 0.15) is 26.3 Å². The van der Waals surface area contributed by atoms with Crippen LogP contribution < -0.4 is 5.32 Å². The van der Waals surface area contributed by atoms with Crippen molar-refractivity contribution in [2.24, 2.45) is 0 Å². The summed E-state index contributed by atoms with van der Waals surface area (Å²) in [4.78, 5) is 22.4. The highest BCUT2D eigenvalue weighted by Gasteiger charge is 2.15. The van der Waals surface area contributed by atoms with Gasteiger partial charge in [0.25, 0.3) is 0 Å². The van der Waals surface area contributed by atoms with Crippen molar-refractivity contribution in [1.29, 1.82) is 0 Å². The Hall–Kier alpha value is -2.82. The smallest absolute Gasteiger partial charge is 0.337 e. The lowest BCUT2D eigenvalue weighted by atomic mass is 10.1. The van der Waals surface area contributed by atoms with Gasteiger partial charge in [-0.25, -0.2) is 9.59 Å². The molecule has 0 aromatic heterocycles.